The van der Waals surface area contributed by atoms with Crippen LogP contribution in [0.3, 0.4) is 0 Å². The van der Waals surface area contributed by atoms with E-state index < -0.39 is 4.92 Å². The van der Waals surface area contributed by atoms with Gasteiger partial charge in [0.15, 0.2) is 0 Å². The summed E-state index contributed by atoms with van der Waals surface area (Å²) in [6, 6.07) is 9.96. The van der Waals surface area contributed by atoms with Gasteiger partial charge in [0.2, 0.25) is 17.6 Å². The Labute approximate surface area is 185 Å². The summed E-state index contributed by atoms with van der Waals surface area (Å²) in [5, 5.41) is 14.8. The van der Waals surface area contributed by atoms with Gasteiger partial charge in [0.25, 0.3) is 5.69 Å². The number of non-ortho nitro benzene ring substituents is 1. The molecule has 0 saturated carbocycles. The van der Waals surface area contributed by atoms with E-state index in [1.165, 1.54) is 12.1 Å². The van der Waals surface area contributed by atoms with Crippen LogP contribution in [0, 0.1) is 10.1 Å². The monoisotopic (exact) mass is 436 g/mol. The topological polar surface area (TPSA) is 118 Å². The Hall–Kier alpha value is -3.82. The van der Waals surface area contributed by atoms with E-state index in [1.807, 2.05) is 30.9 Å². The number of hydrogen-bond acceptors (Lipinski definition) is 8. The smallest absolute Gasteiger partial charge is 0.269 e. The van der Waals surface area contributed by atoms with Gasteiger partial charge in [0.05, 0.1) is 11.3 Å². The lowest BCUT2D eigenvalue weighted by Gasteiger charge is -2.35. The lowest BCUT2D eigenvalue weighted by atomic mass is 10.1. The highest BCUT2D eigenvalue weighted by Crippen LogP contribution is 2.22. The molecular formula is C22H24N6O4. The lowest BCUT2D eigenvalue weighted by Crippen LogP contribution is -2.49. The fourth-order valence-electron chi connectivity index (χ4n) is 3.50. The third-order valence-electron chi connectivity index (χ3n) is 5.40. The van der Waals surface area contributed by atoms with E-state index in [1.54, 1.807) is 18.3 Å². The Morgan fingerprint density at radius 3 is 2.41 bits per heavy atom. The molecule has 0 aliphatic carbocycles. The number of carbonyl (C=O) groups is 1. The Morgan fingerprint density at radius 1 is 1.12 bits per heavy atom. The van der Waals surface area contributed by atoms with Crippen LogP contribution in [-0.2, 0) is 11.2 Å². The van der Waals surface area contributed by atoms with Crippen molar-refractivity contribution < 1.29 is 14.2 Å². The second-order valence-corrected chi connectivity index (χ2v) is 7.98. The Kier molecular flexibility index (Phi) is 6.11. The number of nitro groups is 1. The van der Waals surface area contributed by atoms with Crippen molar-refractivity contribution in [1.29, 1.82) is 0 Å². The number of amides is 1. The molecule has 32 heavy (non-hydrogen) atoms. The zero-order chi connectivity index (χ0) is 22.7. The minimum Gasteiger partial charge on any atom is -0.353 e. The molecule has 0 bridgehead atoms. The number of pyridine rings is 1. The molecule has 1 saturated heterocycles. The largest absolute Gasteiger partial charge is 0.353 e. The van der Waals surface area contributed by atoms with Crippen molar-refractivity contribution in [3.8, 4) is 11.4 Å². The maximum atomic E-state index is 12.6. The molecule has 10 heteroatoms. The van der Waals surface area contributed by atoms with Gasteiger partial charge in [-0.1, -0.05) is 31.1 Å². The first-order valence-corrected chi connectivity index (χ1v) is 10.5. The van der Waals surface area contributed by atoms with Crippen molar-refractivity contribution in [3.63, 3.8) is 0 Å². The molecule has 1 aliphatic heterocycles. The highest BCUT2D eigenvalue weighted by atomic mass is 16.6. The first-order chi connectivity index (χ1) is 15.4. The van der Waals surface area contributed by atoms with Gasteiger partial charge in [-0.3, -0.25) is 14.9 Å². The molecule has 3 aromatic rings. The average molecular weight is 436 g/mol. The summed E-state index contributed by atoms with van der Waals surface area (Å²) >= 11 is 0. The molecule has 0 radical (unpaired) electrons. The highest BCUT2D eigenvalue weighted by molar-refractivity contribution is 5.79. The van der Waals surface area contributed by atoms with E-state index >= 15 is 0 Å². The van der Waals surface area contributed by atoms with Gasteiger partial charge in [0, 0.05) is 56.0 Å². The standard InChI is InChI=1S/C22H24N6O4/c1-15(2)22-24-21(25-32-22)17-5-8-19(23-14-17)26-9-11-27(12-10-26)20(29)13-16-3-6-18(7-4-16)28(30)31/h3-8,14-15H,9-13H2,1-2H3. The SMILES string of the molecule is CC(C)c1nc(-c2ccc(N3CCN(C(=O)Cc4ccc([N+](=O)[O-])cc4)CC3)nc2)no1. The molecule has 1 amide bonds. The molecule has 1 aromatic carbocycles. The number of carbonyl (C=O) groups excluding carboxylic acids is 1. The summed E-state index contributed by atoms with van der Waals surface area (Å²) in [5.74, 6) is 2.14. The number of nitrogens with zero attached hydrogens (tertiary/aromatic N) is 6. The molecule has 3 heterocycles. The molecule has 1 fully saturated rings. The molecule has 1 aliphatic rings. The van der Waals surface area contributed by atoms with Crippen molar-refractivity contribution in [2.45, 2.75) is 26.2 Å². The van der Waals surface area contributed by atoms with Gasteiger partial charge < -0.3 is 14.3 Å². The van der Waals surface area contributed by atoms with Crippen LogP contribution in [0.4, 0.5) is 11.5 Å². The highest BCUT2D eigenvalue weighted by Gasteiger charge is 2.22. The quantitative estimate of drug-likeness (QED) is 0.427. The lowest BCUT2D eigenvalue weighted by molar-refractivity contribution is -0.384. The Morgan fingerprint density at radius 2 is 1.84 bits per heavy atom. The third-order valence-corrected chi connectivity index (χ3v) is 5.40. The average Bonchev–Trinajstić information content (AvgIpc) is 3.30. The third kappa shape index (κ3) is 4.74. The molecule has 0 atom stereocenters. The van der Waals surface area contributed by atoms with Gasteiger partial charge in [-0.15, -0.1) is 0 Å². The minimum absolute atomic E-state index is 0.0138. The van der Waals surface area contributed by atoms with Crippen LogP contribution in [0.25, 0.3) is 11.4 Å². The van der Waals surface area contributed by atoms with Gasteiger partial charge in [-0.25, -0.2) is 4.98 Å². The predicted octanol–water partition coefficient (Wildman–Crippen LogP) is 3.05. The van der Waals surface area contributed by atoms with Crippen LogP contribution in [0.5, 0.6) is 0 Å². The molecular weight excluding hydrogens is 412 g/mol. The van der Waals surface area contributed by atoms with Crippen molar-refractivity contribution in [2.24, 2.45) is 0 Å². The summed E-state index contributed by atoms with van der Waals surface area (Å²) in [5.41, 5.74) is 1.58. The van der Waals surface area contributed by atoms with E-state index in [0.29, 0.717) is 37.9 Å². The number of piperazine rings is 1. The van der Waals surface area contributed by atoms with E-state index in [4.69, 9.17) is 4.52 Å². The second-order valence-electron chi connectivity index (χ2n) is 7.98. The maximum Gasteiger partial charge on any atom is 0.269 e. The number of benzene rings is 1. The van der Waals surface area contributed by atoms with Gasteiger partial charge >= 0.3 is 0 Å². The first-order valence-electron chi connectivity index (χ1n) is 10.5. The summed E-state index contributed by atoms with van der Waals surface area (Å²) in [4.78, 5) is 35.8. The van der Waals surface area contributed by atoms with Gasteiger partial charge in [-0.2, -0.15) is 4.98 Å². The summed E-state index contributed by atoms with van der Waals surface area (Å²) < 4.78 is 5.25. The molecule has 2 aromatic heterocycles. The van der Waals surface area contributed by atoms with Crippen LogP contribution in [0.2, 0.25) is 0 Å². The first kappa shape index (κ1) is 21.4. The minimum atomic E-state index is -0.448. The fraction of sp³-hybridized carbons (Fsp3) is 0.364. The van der Waals surface area contributed by atoms with Crippen LogP contribution in [0.15, 0.2) is 47.1 Å². The van der Waals surface area contributed by atoms with E-state index in [0.717, 1.165) is 16.9 Å². The van der Waals surface area contributed by atoms with E-state index in [-0.39, 0.29) is 23.9 Å². The zero-order valence-corrected chi connectivity index (χ0v) is 18.0. The molecule has 10 nitrogen and oxygen atoms in total. The molecule has 4 rings (SSSR count). The predicted molar refractivity (Wildman–Crippen MR) is 117 cm³/mol. The van der Waals surface area contributed by atoms with E-state index in [2.05, 4.69) is 20.0 Å². The van der Waals surface area contributed by atoms with Crippen molar-refractivity contribution in [3.05, 3.63) is 64.2 Å². The number of aromatic nitrogens is 3. The summed E-state index contributed by atoms with van der Waals surface area (Å²) in [6.07, 6.45) is 1.96. The Balaban J connectivity index is 1.32. The van der Waals surface area contributed by atoms with Crippen LogP contribution in [-0.4, -0.2) is 57.0 Å². The normalized spacial score (nSPS) is 14.1. The van der Waals surface area contributed by atoms with Crippen LogP contribution < -0.4 is 4.90 Å². The second kappa shape index (κ2) is 9.13. The number of nitro benzene ring substituents is 1. The van der Waals surface area contributed by atoms with Crippen molar-refractivity contribution in [2.75, 3.05) is 31.1 Å². The van der Waals surface area contributed by atoms with Gasteiger partial charge in [-0.05, 0) is 17.7 Å². The van der Waals surface area contributed by atoms with Crippen molar-refractivity contribution in [1.82, 2.24) is 20.0 Å². The molecule has 0 unspecified atom stereocenters. The van der Waals surface area contributed by atoms with Crippen LogP contribution in [0.1, 0.15) is 31.2 Å². The molecule has 166 valence electrons. The zero-order valence-electron chi connectivity index (χ0n) is 18.0. The number of anilines is 1. The summed E-state index contributed by atoms with van der Waals surface area (Å²) in [7, 11) is 0. The van der Waals surface area contributed by atoms with Crippen molar-refractivity contribution >= 4 is 17.4 Å². The van der Waals surface area contributed by atoms with Gasteiger partial charge in [0.1, 0.15) is 5.82 Å². The molecule has 0 N–H and O–H groups in total. The number of rotatable bonds is 6. The summed E-state index contributed by atoms with van der Waals surface area (Å²) in [6.45, 7) is 6.54. The van der Waals surface area contributed by atoms with E-state index in [9.17, 15) is 14.9 Å². The molecule has 0 spiro atoms. The Bertz CT molecular complexity index is 1090. The fourth-order valence-corrected chi connectivity index (χ4v) is 3.50. The maximum absolute atomic E-state index is 12.6. The van der Waals surface area contributed by atoms with Crippen LogP contribution >= 0.6 is 0 Å². The number of hydrogen-bond donors (Lipinski definition) is 0.